The lowest BCUT2D eigenvalue weighted by Crippen LogP contribution is -2.38. The fraction of sp³-hybridized carbons (Fsp3) is 0.833. The average molecular weight is 244 g/mol. The molecule has 0 aliphatic heterocycles. The molecule has 0 aliphatic carbocycles. The van der Waals surface area contributed by atoms with Gasteiger partial charge in [0.25, 0.3) is 0 Å². The summed E-state index contributed by atoms with van der Waals surface area (Å²) in [6.45, 7) is 4.74. The molecule has 1 N–H and O–H groups in total. The number of hydrogen-bond acceptors (Lipinski definition) is 3. The van der Waals surface area contributed by atoms with Crippen molar-refractivity contribution in [2.24, 2.45) is 0 Å². The van der Waals surface area contributed by atoms with E-state index in [0.29, 0.717) is 19.4 Å². The fourth-order valence-electron chi connectivity index (χ4n) is 1.54. The van der Waals surface area contributed by atoms with Gasteiger partial charge in [-0.3, -0.25) is 14.5 Å². The molecular weight excluding hydrogens is 220 g/mol. The number of rotatable bonds is 8. The van der Waals surface area contributed by atoms with Gasteiger partial charge in [-0.1, -0.05) is 6.92 Å². The van der Waals surface area contributed by atoms with Crippen molar-refractivity contribution in [1.29, 1.82) is 0 Å². The van der Waals surface area contributed by atoms with Gasteiger partial charge in [-0.25, -0.2) is 0 Å². The lowest BCUT2D eigenvalue weighted by molar-refractivity contribution is -0.138. The molecule has 0 aromatic rings. The third-order valence-corrected chi connectivity index (χ3v) is 2.89. The van der Waals surface area contributed by atoms with Gasteiger partial charge in [-0.05, 0) is 26.3 Å². The molecule has 0 aromatic heterocycles. The minimum Gasteiger partial charge on any atom is -0.480 e. The van der Waals surface area contributed by atoms with Crippen LogP contribution < -0.4 is 0 Å². The molecule has 0 spiro atoms. The van der Waals surface area contributed by atoms with Gasteiger partial charge in [0, 0.05) is 26.6 Å². The molecule has 1 atom stereocenters. The highest BCUT2D eigenvalue weighted by molar-refractivity contribution is 5.75. The number of carboxylic acids is 1. The molecule has 5 nitrogen and oxygen atoms in total. The van der Waals surface area contributed by atoms with E-state index in [9.17, 15) is 9.59 Å². The zero-order valence-corrected chi connectivity index (χ0v) is 11.3. The molecule has 0 saturated heterocycles. The van der Waals surface area contributed by atoms with Gasteiger partial charge >= 0.3 is 5.97 Å². The molecular formula is C12H24N2O3. The van der Waals surface area contributed by atoms with Crippen LogP contribution in [0.4, 0.5) is 0 Å². The van der Waals surface area contributed by atoms with Crippen molar-refractivity contribution in [3.8, 4) is 0 Å². The van der Waals surface area contributed by atoms with E-state index in [-0.39, 0.29) is 18.5 Å². The number of carboxylic acid groups (broad SMARTS) is 1. The monoisotopic (exact) mass is 244 g/mol. The summed E-state index contributed by atoms with van der Waals surface area (Å²) >= 11 is 0. The molecule has 17 heavy (non-hydrogen) atoms. The maximum Gasteiger partial charge on any atom is 0.317 e. The smallest absolute Gasteiger partial charge is 0.317 e. The second-order valence-electron chi connectivity index (χ2n) is 4.51. The molecule has 0 heterocycles. The summed E-state index contributed by atoms with van der Waals surface area (Å²) in [5, 5.41) is 8.81. The topological polar surface area (TPSA) is 60.9 Å². The first-order valence-corrected chi connectivity index (χ1v) is 6.04. The highest BCUT2D eigenvalue weighted by Crippen LogP contribution is 2.06. The first-order chi connectivity index (χ1) is 7.88. The maximum atomic E-state index is 11.4. The average Bonchev–Trinajstić information content (AvgIpc) is 2.25. The molecule has 0 rings (SSSR count). The van der Waals surface area contributed by atoms with Crippen LogP contribution in [0.2, 0.25) is 0 Å². The maximum absolute atomic E-state index is 11.4. The van der Waals surface area contributed by atoms with Gasteiger partial charge in [0.05, 0.1) is 6.54 Å². The summed E-state index contributed by atoms with van der Waals surface area (Å²) in [6.07, 6.45) is 2.09. The number of amides is 1. The van der Waals surface area contributed by atoms with Crippen LogP contribution in [-0.2, 0) is 9.59 Å². The van der Waals surface area contributed by atoms with E-state index in [1.807, 2.05) is 18.7 Å². The minimum atomic E-state index is -0.816. The summed E-state index contributed by atoms with van der Waals surface area (Å²) in [7, 11) is 3.46. The van der Waals surface area contributed by atoms with Crippen LogP contribution in [0.3, 0.4) is 0 Å². The Morgan fingerprint density at radius 3 is 2.29 bits per heavy atom. The summed E-state index contributed by atoms with van der Waals surface area (Å²) in [5.41, 5.74) is 0. The number of hydrogen-bond donors (Lipinski definition) is 1. The van der Waals surface area contributed by atoms with Gasteiger partial charge in [0.15, 0.2) is 0 Å². The van der Waals surface area contributed by atoms with E-state index >= 15 is 0 Å². The fourth-order valence-corrected chi connectivity index (χ4v) is 1.54. The van der Waals surface area contributed by atoms with E-state index < -0.39 is 5.97 Å². The molecule has 5 heteroatoms. The lowest BCUT2D eigenvalue weighted by Gasteiger charge is -2.26. The highest BCUT2D eigenvalue weighted by Gasteiger charge is 2.15. The van der Waals surface area contributed by atoms with E-state index in [2.05, 4.69) is 0 Å². The zero-order valence-electron chi connectivity index (χ0n) is 11.3. The molecule has 0 radical (unpaired) electrons. The standard InChI is InChI=1S/C12H24N2O3/c1-5-10(2)14(9-12(16)17)8-6-7-11(15)13(3)4/h10H,5-9H2,1-4H3,(H,16,17). The summed E-state index contributed by atoms with van der Waals surface area (Å²) in [4.78, 5) is 25.6. The molecule has 0 saturated carbocycles. The quantitative estimate of drug-likeness (QED) is 0.693. The Kier molecular flexibility index (Phi) is 7.54. The lowest BCUT2D eigenvalue weighted by atomic mass is 10.2. The van der Waals surface area contributed by atoms with E-state index in [0.717, 1.165) is 6.42 Å². The van der Waals surface area contributed by atoms with Gasteiger partial charge in [0.2, 0.25) is 5.91 Å². The number of carbonyl (C=O) groups excluding carboxylic acids is 1. The van der Waals surface area contributed by atoms with Crippen LogP contribution in [-0.4, -0.2) is 60.0 Å². The van der Waals surface area contributed by atoms with Gasteiger partial charge in [-0.15, -0.1) is 0 Å². The van der Waals surface area contributed by atoms with Crippen LogP contribution in [0.25, 0.3) is 0 Å². The third-order valence-electron chi connectivity index (χ3n) is 2.89. The van der Waals surface area contributed by atoms with Crippen molar-refractivity contribution >= 4 is 11.9 Å². The van der Waals surface area contributed by atoms with Gasteiger partial charge in [-0.2, -0.15) is 0 Å². The number of aliphatic carboxylic acids is 1. The van der Waals surface area contributed by atoms with Gasteiger partial charge < -0.3 is 10.0 Å². The Bertz CT molecular complexity index is 254. The normalized spacial score (nSPS) is 12.5. The van der Waals surface area contributed by atoms with E-state index in [1.165, 1.54) is 0 Å². The van der Waals surface area contributed by atoms with E-state index in [1.54, 1.807) is 19.0 Å². The Morgan fingerprint density at radius 1 is 1.29 bits per heavy atom. The molecule has 100 valence electrons. The third kappa shape index (κ3) is 6.94. The summed E-state index contributed by atoms with van der Waals surface area (Å²) in [6, 6.07) is 0.237. The highest BCUT2D eigenvalue weighted by atomic mass is 16.4. The Hall–Kier alpha value is -1.10. The predicted molar refractivity (Wildman–Crippen MR) is 66.9 cm³/mol. The molecule has 0 aromatic carbocycles. The first-order valence-electron chi connectivity index (χ1n) is 6.04. The van der Waals surface area contributed by atoms with Crippen molar-refractivity contribution in [2.45, 2.75) is 39.2 Å². The minimum absolute atomic E-state index is 0.0468. The Balaban J connectivity index is 4.08. The molecule has 0 bridgehead atoms. The molecule has 0 fully saturated rings. The van der Waals surface area contributed by atoms with Crippen LogP contribution in [0.5, 0.6) is 0 Å². The zero-order chi connectivity index (χ0) is 13.4. The van der Waals surface area contributed by atoms with Crippen LogP contribution >= 0.6 is 0 Å². The largest absolute Gasteiger partial charge is 0.480 e. The van der Waals surface area contributed by atoms with Crippen molar-refractivity contribution in [1.82, 2.24) is 9.80 Å². The summed E-state index contributed by atoms with van der Waals surface area (Å²) < 4.78 is 0. The van der Waals surface area contributed by atoms with Crippen molar-refractivity contribution in [3.63, 3.8) is 0 Å². The van der Waals surface area contributed by atoms with Crippen molar-refractivity contribution < 1.29 is 14.7 Å². The van der Waals surface area contributed by atoms with Gasteiger partial charge in [0.1, 0.15) is 0 Å². The number of nitrogens with zero attached hydrogens (tertiary/aromatic N) is 2. The predicted octanol–water partition coefficient (Wildman–Crippen LogP) is 1.04. The van der Waals surface area contributed by atoms with Crippen LogP contribution in [0.15, 0.2) is 0 Å². The second kappa shape index (κ2) is 8.06. The Labute approximate surface area is 103 Å². The molecule has 1 amide bonds. The number of carbonyl (C=O) groups is 2. The Morgan fingerprint density at radius 2 is 1.88 bits per heavy atom. The second-order valence-corrected chi connectivity index (χ2v) is 4.51. The molecule has 0 aliphatic rings. The summed E-state index contributed by atoms with van der Waals surface area (Å²) in [5.74, 6) is -0.728. The van der Waals surface area contributed by atoms with E-state index in [4.69, 9.17) is 5.11 Å². The van der Waals surface area contributed by atoms with Crippen LogP contribution in [0, 0.1) is 0 Å². The van der Waals surface area contributed by atoms with Crippen LogP contribution in [0.1, 0.15) is 33.1 Å². The van der Waals surface area contributed by atoms with Crippen molar-refractivity contribution in [3.05, 3.63) is 0 Å². The van der Waals surface area contributed by atoms with Crippen molar-refractivity contribution in [2.75, 3.05) is 27.2 Å². The SMILES string of the molecule is CCC(C)N(CCCC(=O)N(C)C)CC(=O)O. The molecule has 1 unspecified atom stereocenters. The first kappa shape index (κ1) is 15.9.